The third-order valence-corrected chi connectivity index (χ3v) is 5.76. The van der Waals surface area contributed by atoms with Crippen LogP contribution in [0.3, 0.4) is 0 Å². The van der Waals surface area contributed by atoms with Crippen LogP contribution in [0.25, 0.3) is 0 Å². The third-order valence-electron chi connectivity index (χ3n) is 5.76. The fourth-order valence-electron chi connectivity index (χ4n) is 4.08. The molecule has 2 rings (SSSR count). The summed E-state index contributed by atoms with van der Waals surface area (Å²) in [5.41, 5.74) is 0. The van der Waals surface area contributed by atoms with Gasteiger partial charge in [-0.3, -0.25) is 4.79 Å². The van der Waals surface area contributed by atoms with Crippen molar-refractivity contribution in [2.45, 2.75) is 58.8 Å². The highest BCUT2D eigenvalue weighted by molar-refractivity contribution is 5.69. The van der Waals surface area contributed by atoms with Gasteiger partial charge in [-0.25, -0.2) is 4.79 Å². The summed E-state index contributed by atoms with van der Waals surface area (Å²) in [5, 5.41) is 0. The molecule has 2 aliphatic rings. The predicted octanol–water partition coefficient (Wildman–Crippen LogP) is 3.30. The molecule has 0 aromatic heterocycles. The third kappa shape index (κ3) is 6.78. The topological polar surface area (TPSA) is 59.1 Å². The molecule has 6 nitrogen and oxygen atoms in total. The van der Waals surface area contributed by atoms with Crippen molar-refractivity contribution in [3.8, 4) is 0 Å². The first-order valence-corrected chi connectivity index (χ1v) is 10.4. The maximum atomic E-state index is 12.0. The Kier molecular flexibility index (Phi) is 9.23. The number of carbonyl (C=O) groups is 2. The number of hydrogen-bond acceptors (Lipinski definition) is 5. The van der Waals surface area contributed by atoms with E-state index >= 15 is 0 Å². The summed E-state index contributed by atoms with van der Waals surface area (Å²) in [5.74, 6) is 1.39. The van der Waals surface area contributed by atoms with Crippen LogP contribution in [-0.2, 0) is 14.3 Å². The molecule has 150 valence electrons. The van der Waals surface area contributed by atoms with Gasteiger partial charge in [0.1, 0.15) is 0 Å². The number of rotatable bonds is 8. The van der Waals surface area contributed by atoms with E-state index in [1.807, 2.05) is 11.8 Å². The number of ether oxygens (including phenoxy) is 2. The number of piperidine rings is 2. The number of likely N-dealkylation sites (tertiary alicyclic amines) is 2. The molecule has 0 aromatic carbocycles. The molecule has 6 heteroatoms. The average molecular weight is 369 g/mol. The van der Waals surface area contributed by atoms with Crippen molar-refractivity contribution in [1.29, 1.82) is 0 Å². The normalized spacial score (nSPS) is 20.2. The van der Waals surface area contributed by atoms with Gasteiger partial charge in [0.2, 0.25) is 0 Å². The predicted molar refractivity (Wildman–Crippen MR) is 101 cm³/mol. The summed E-state index contributed by atoms with van der Waals surface area (Å²) >= 11 is 0. The van der Waals surface area contributed by atoms with Crippen LogP contribution < -0.4 is 0 Å². The van der Waals surface area contributed by atoms with E-state index in [0.29, 0.717) is 19.6 Å². The standard InChI is InChI=1S/C20H36N2O4/c1-3-5-16-26-20(24)22-14-8-18(9-15-22)17-6-11-21(12-7-17)13-10-19(23)25-4-2/h17-18H,3-16H2,1-2H3. The number of esters is 1. The van der Waals surface area contributed by atoms with E-state index in [1.54, 1.807) is 0 Å². The minimum absolute atomic E-state index is 0.0900. The average Bonchev–Trinajstić information content (AvgIpc) is 2.67. The fraction of sp³-hybridized carbons (Fsp3) is 0.900. The molecule has 0 atom stereocenters. The Bertz CT molecular complexity index is 428. The molecule has 0 spiro atoms. The molecule has 0 N–H and O–H groups in total. The van der Waals surface area contributed by atoms with Crippen molar-refractivity contribution in [2.24, 2.45) is 11.8 Å². The Morgan fingerprint density at radius 2 is 1.54 bits per heavy atom. The summed E-state index contributed by atoms with van der Waals surface area (Å²) in [4.78, 5) is 27.8. The van der Waals surface area contributed by atoms with Crippen LogP contribution in [0.4, 0.5) is 4.79 Å². The quantitative estimate of drug-likeness (QED) is 0.486. The molecule has 2 aliphatic heterocycles. The lowest BCUT2D eigenvalue weighted by molar-refractivity contribution is -0.143. The smallest absolute Gasteiger partial charge is 0.409 e. The van der Waals surface area contributed by atoms with Crippen LogP contribution in [0.15, 0.2) is 0 Å². The molecule has 0 aromatic rings. The monoisotopic (exact) mass is 368 g/mol. The molecule has 0 unspecified atom stereocenters. The van der Waals surface area contributed by atoms with Gasteiger partial charge in [0, 0.05) is 19.6 Å². The first-order chi connectivity index (χ1) is 12.6. The van der Waals surface area contributed by atoms with Crippen molar-refractivity contribution in [3.05, 3.63) is 0 Å². The van der Waals surface area contributed by atoms with Gasteiger partial charge in [-0.2, -0.15) is 0 Å². The van der Waals surface area contributed by atoms with E-state index in [-0.39, 0.29) is 12.1 Å². The van der Waals surface area contributed by atoms with Crippen LogP contribution in [0, 0.1) is 11.8 Å². The second-order valence-electron chi connectivity index (χ2n) is 7.53. The first kappa shape index (κ1) is 21.0. The van der Waals surface area contributed by atoms with E-state index in [0.717, 1.165) is 70.2 Å². The second kappa shape index (κ2) is 11.4. The van der Waals surface area contributed by atoms with E-state index < -0.39 is 0 Å². The lowest BCUT2D eigenvalue weighted by Gasteiger charge is -2.39. The lowest BCUT2D eigenvalue weighted by Crippen LogP contribution is -2.43. The van der Waals surface area contributed by atoms with Crippen LogP contribution in [0.2, 0.25) is 0 Å². The Morgan fingerprint density at radius 1 is 0.923 bits per heavy atom. The summed E-state index contributed by atoms with van der Waals surface area (Å²) < 4.78 is 10.3. The van der Waals surface area contributed by atoms with Gasteiger partial charge in [0.05, 0.1) is 19.6 Å². The van der Waals surface area contributed by atoms with Gasteiger partial charge >= 0.3 is 12.1 Å². The minimum atomic E-state index is -0.134. The van der Waals surface area contributed by atoms with E-state index in [2.05, 4.69) is 11.8 Å². The van der Waals surface area contributed by atoms with E-state index in [1.165, 1.54) is 12.8 Å². The first-order valence-electron chi connectivity index (χ1n) is 10.4. The Hall–Kier alpha value is -1.30. The molecule has 0 saturated carbocycles. The largest absolute Gasteiger partial charge is 0.466 e. The van der Waals surface area contributed by atoms with Gasteiger partial charge in [0.15, 0.2) is 0 Å². The van der Waals surface area contributed by atoms with Crippen LogP contribution in [-0.4, -0.2) is 67.8 Å². The fourth-order valence-corrected chi connectivity index (χ4v) is 4.08. The maximum absolute atomic E-state index is 12.0. The number of amides is 1. The zero-order valence-corrected chi connectivity index (χ0v) is 16.6. The van der Waals surface area contributed by atoms with E-state index in [9.17, 15) is 9.59 Å². The van der Waals surface area contributed by atoms with Crippen LogP contribution in [0.5, 0.6) is 0 Å². The molecule has 2 saturated heterocycles. The zero-order valence-electron chi connectivity index (χ0n) is 16.6. The molecule has 2 fully saturated rings. The van der Waals surface area contributed by atoms with Gasteiger partial charge in [-0.1, -0.05) is 13.3 Å². The number of unbranched alkanes of at least 4 members (excludes halogenated alkanes) is 1. The van der Waals surface area contributed by atoms with E-state index in [4.69, 9.17) is 9.47 Å². The van der Waals surface area contributed by atoms with Crippen molar-refractivity contribution < 1.29 is 19.1 Å². The summed E-state index contributed by atoms with van der Waals surface area (Å²) in [7, 11) is 0. The summed E-state index contributed by atoms with van der Waals surface area (Å²) in [6.45, 7) is 9.57. The second-order valence-corrected chi connectivity index (χ2v) is 7.53. The highest BCUT2D eigenvalue weighted by Gasteiger charge is 2.31. The molecule has 1 amide bonds. The van der Waals surface area contributed by atoms with Crippen LogP contribution >= 0.6 is 0 Å². The molecule has 0 radical (unpaired) electrons. The lowest BCUT2D eigenvalue weighted by atomic mass is 9.79. The highest BCUT2D eigenvalue weighted by atomic mass is 16.6. The molecule has 0 aliphatic carbocycles. The molecule has 0 bridgehead atoms. The van der Waals surface area contributed by atoms with Crippen molar-refractivity contribution in [2.75, 3.05) is 45.9 Å². The summed E-state index contributed by atoms with van der Waals surface area (Å²) in [6, 6.07) is 0. The van der Waals surface area contributed by atoms with Gasteiger partial charge < -0.3 is 19.3 Å². The Labute approximate surface area is 158 Å². The summed E-state index contributed by atoms with van der Waals surface area (Å²) in [6.07, 6.45) is 6.95. The number of hydrogen-bond donors (Lipinski definition) is 0. The van der Waals surface area contributed by atoms with Crippen LogP contribution in [0.1, 0.15) is 58.8 Å². The number of carbonyl (C=O) groups excluding carboxylic acids is 2. The number of nitrogens with zero attached hydrogens (tertiary/aromatic N) is 2. The van der Waals surface area contributed by atoms with Crippen molar-refractivity contribution in [3.63, 3.8) is 0 Å². The SMILES string of the molecule is CCCCOC(=O)N1CCC(C2CCN(CCC(=O)OCC)CC2)CC1. The minimum Gasteiger partial charge on any atom is -0.466 e. The van der Waals surface area contributed by atoms with Gasteiger partial charge in [0.25, 0.3) is 0 Å². The molecular formula is C20H36N2O4. The Morgan fingerprint density at radius 3 is 2.12 bits per heavy atom. The van der Waals surface area contributed by atoms with Crippen molar-refractivity contribution >= 4 is 12.1 Å². The molecule has 2 heterocycles. The highest BCUT2D eigenvalue weighted by Crippen LogP contribution is 2.32. The maximum Gasteiger partial charge on any atom is 0.409 e. The zero-order chi connectivity index (χ0) is 18.8. The Balaban J connectivity index is 1.62. The van der Waals surface area contributed by atoms with Gasteiger partial charge in [-0.05, 0) is 64.0 Å². The molecule has 26 heavy (non-hydrogen) atoms. The molecular weight excluding hydrogens is 332 g/mol. The van der Waals surface area contributed by atoms with Crippen molar-refractivity contribution in [1.82, 2.24) is 9.80 Å². The van der Waals surface area contributed by atoms with Gasteiger partial charge in [-0.15, -0.1) is 0 Å².